The van der Waals surface area contributed by atoms with Gasteiger partial charge in [-0.1, -0.05) is 0 Å². The summed E-state index contributed by atoms with van der Waals surface area (Å²) >= 11 is 1.82. The topological polar surface area (TPSA) is 84.1 Å². The number of hydrogen-bond donors (Lipinski definition) is 2. The molecule has 3 N–H and O–H groups in total. The summed E-state index contributed by atoms with van der Waals surface area (Å²) in [6.45, 7) is 1.55. The lowest BCUT2D eigenvalue weighted by atomic mass is 10.0. The molecule has 1 aliphatic heterocycles. The van der Waals surface area contributed by atoms with Gasteiger partial charge in [0.15, 0.2) is 0 Å². The quantitative estimate of drug-likeness (QED) is 0.903. The summed E-state index contributed by atoms with van der Waals surface area (Å²) < 4.78 is 0. The Hall–Kier alpha value is -1.89. The fraction of sp³-hybridized carbons (Fsp3) is 0.562. The van der Waals surface area contributed by atoms with Crippen molar-refractivity contribution in [2.75, 3.05) is 18.0 Å². The zero-order valence-corrected chi connectivity index (χ0v) is 13.9. The van der Waals surface area contributed by atoms with Crippen molar-refractivity contribution >= 4 is 33.4 Å². The molecule has 2 amide bonds. The van der Waals surface area contributed by atoms with Gasteiger partial charge in [-0.25, -0.2) is 14.8 Å². The highest BCUT2D eigenvalue weighted by atomic mass is 32.1. The highest BCUT2D eigenvalue weighted by molar-refractivity contribution is 7.19. The Morgan fingerprint density at radius 3 is 3.13 bits per heavy atom. The molecule has 0 spiro atoms. The van der Waals surface area contributed by atoms with E-state index in [4.69, 9.17) is 5.73 Å². The maximum atomic E-state index is 11.1. The van der Waals surface area contributed by atoms with Gasteiger partial charge < -0.3 is 16.0 Å². The number of rotatable bonds is 3. The molecule has 1 fully saturated rings. The summed E-state index contributed by atoms with van der Waals surface area (Å²) in [6.07, 6.45) is 8.60. The molecule has 0 saturated carbocycles. The fourth-order valence-electron chi connectivity index (χ4n) is 3.84. The lowest BCUT2D eigenvalue weighted by Gasteiger charge is -2.37. The van der Waals surface area contributed by atoms with E-state index in [1.807, 2.05) is 11.3 Å². The van der Waals surface area contributed by atoms with Crippen LogP contribution in [0.2, 0.25) is 0 Å². The molecule has 1 atom stereocenters. The number of urea groups is 1. The predicted molar refractivity (Wildman–Crippen MR) is 92.0 cm³/mol. The second-order valence-corrected chi connectivity index (χ2v) is 7.41. The average molecular weight is 331 g/mol. The third-order valence-electron chi connectivity index (χ3n) is 4.89. The molecule has 0 radical (unpaired) electrons. The lowest BCUT2D eigenvalue weighted by molar-refractivity contribution is 0.247. The van der Waals surface area contributed by atoms with Crippen molar-refractivity contribution < 1.29 is 4.79 Å². The van der Waals surface area contributed by atoms with Crippen molar-refractivity contribution in [3.8, 4) is 0 Å². The maximum absolute atomic E-state index is 11.1. The van der Waals surface area contributed by atoms with Crippen molar-refractivity contribution in [1.82, 2.24) is 15.3 Å². The molecule has 2 aliphatic rings. The van der Waals surface area contributed by atoms with Gasteiger partial charge in [-0.2, -0.15) is 0 Å². The first-order valence-electron chi connectivity index (χ1n) is 8.29. The third-order valence-corrected chi connectivity index (χ3v) is 6.09. The van der Waals surface area contributed by atoms with Gasteiger partial charge in [0.25, 0.3) is 0 Å². The van der Waals surface area contributed by atoms with E-state index in [1.54, 1.807) is 6.33 Å². The first kappa shape index (κ1) is 14.7. The van der Waals surface area contributed by atoms with Gasteiger partial charge in [-0.15, -0.1) is 11.3 Å². The van der Waals surface area contributed by atoms with Crippen molar-refractivity contribution in [2.24, 2.45) is 5.73 Å². The van der Waals surface area contributed by atoms with E-state index in [0.717, 1.165) is 36.5 Å². The number of carbonyl (C=O) groups excluding carboxylic acids is 1. The van der Waals surface area contributed by atoms with Crippen molar-refractivity contribution in [1.29, 1.82) is 0 Å². The lowest BCUT2D eigenvalue weighted by Crippen LogP contribution is -2.48. The van der Waals surface area contributed by atoms with E-state index in [-0.39, 0.29) is 6.04 Å². The van der Waals surface area contributed by atoms with Crippen LogP contribution >= 0.6 is 11.3 Å². The SMILES string of the molecule is NC(=O)NC[C@@H]1CCCCN1c1ncnc2sc3c(c12)CCC3. The van der Waals surface area contributed by atoms with Gasteiger partial charge in [-0.3, -0.25) is 0 Å². The summed E-state index contributed by atoms with van der Waals surface area (Å²) in [5.41, 5.74) is 6.70. The molecule has 2 aromatic heterocycles. The number of hydrogen-bond acceptors (Lipinski definition) is 5. The van der Waals surface area contributed by atoms with Crippen LogP contribution in [0, 0.1) is 0 Å². The number of piperidine rings is 1. The number of aryl methyl sites for hydroxylation is 2. The van der Waals surface area contributed by atoms with Crippen LogP contribution in [0.1, 0.15) is 36.1 Å². The van der Waals surface area contributed by atoms with Gasteiger partial charge in [0.2, 0.25) is 0 Å². The zero-order valence-electron chi connectivity index (χ0n) is 13.0. The summed E-state index contributed by atoms with van der Waals surface area (Å²) in [6, 6.07) is -0.203. The minimum atomic E-state index is -0.459. The van der Waals surface area contributed by atoms with Gasteiger partial charge >= 0.3 is 6.03 Å². The zero-order chi connectivity index (χ0) is 15.8. The molecule has 1 saturated heterocycles. The number of nitrogens with one attached hydrogen (secondary N) is 1. The van der Waals surface area contributed by atoms with E-state index < -0.39 is 6.03 Å². The highest BCUT2D eigenvalue weighted by Gasteiger charge is 2.28. The number of thiophene rings is 1. The number of amides is 2. The molecule has 0 bridgehead atoms. The Kier molecular flexibility index (Phi) is 3.80. The molecule has 1 aliphatic carbocycles. The standard InChI is InChI=1S/C16H21N5OS/c17-16(22)18-8-10-4-1-2-7-21(10)14-13-11-5-3-6-12(11)23-15(13)20-9-19-14/h9-10H,1-8H2,(H3,17,18,22)/t10-/m0/s1. The molecule has 2 aromatic rings. The molecule has 23 heavy (non-hydrogen) atoms. The minimum Gasteiger partial charge on any atom is -0.352 e. The highest BCUT2D eigenvalue weighted by Crippen LogP contribution is 2.41. The fourth-order valence-corrected chi connectivity index (χ4v) is 5.06. The first-order valence-corrected chi connectivity index (χ1v) is 9.11. The van der Waals surface area contributed by atoms with Crippen molar-refractivity contribution in [3.63, 3.8) is 0 Å². The van der Waals surface area contributed by atoms with Crippen molar-refractivity contribution in [2.45, 2.75) is 44.6 Å². The molecule has 7 heteroatoms. The van der Waals surface area contributed by atoms with Crippen LogP contribution in [-0.2, 0) is 12.8 Å². The Bertz CT molecular complexity index is 743. The summed E-state index contributed by atoms with van der Waals surface area (Å²) in [5.74, 6) is 1.05. The Morgan fingerprint density at radius 2 is 2.26 bits per heavy atom. The molecule has 0 unspecified atom stereocenters. The number of anilines is 1. The van der Waals surface area contributed by atoms with Crippen LogP contribution in [0.3, 0.4) is 0 Å². The largest absolute Gasteiger partial charge is 0.352 e. The van der Waals surface area contributed by atoms with E-state index >= 15 is 0 Å². The number of carbonyl (C=O) groups is 1. The summed E-state index contributed by atoms with van der Waals surface area (Å²) in [7, 11) is 0. The van der Waals surface area contributed by atoms with E-state index in [2.05, 4.69) is 20.2 Å². The Balaban J connectivity index is 1.73. The number of primary amides is 1. The second kappa shape index (κ2) is 5.96. The van der Waals surface area contributed by atoms with Crippen LogP contribution < -0.4 is 16.0 Å². The monoisotopic (exact) mass is 331 g/mol. The van der Waals surface area contributed by atoms with Crippen LogP contribution in [0.5, 0.6) is 0 Å². The predicted octanol–water partition coefficient (Wildman–Crippen LogP) is 2.21. The third kappa shape index (κ3) is 2.63. The van der Waals surface area contributed by atoms with Crippen molar-refractivity contribution in [3.05, 3.63) is 16.8 Å². The molecule has 122 valence electrons. The second-order valence-electron chi connectivity index (χ2n) is 6.32. The molecule has 3 heterocycles. The van der Waals surface area contributed by atoms with Crippen LogP contribution in [-0.4, -0.2) is 35.1 Å². The Morgan fingerprint density at radius 1 is 1.35 bits per heavy atom. The van der Waals surface area contributed by atoms with Gasteiger partial charge in [-0.05, 0) is 44.1 Å². The summed E-state index contributed by atoms with van der Waals surface area (Å²) in [4.78, 5) is 25.1. The maximum Gasteiger partial charge on any atom is 0.312 e. The number of aromatic nitrogens is 2. The molecule has 4 rings (SSSR count). The van der Waals surface area contributed by atoms with Crippen LogP contribution in [0.25, 0.3) is 10.2 Å². The van der Waals surface area contributed by atoms with Crippen LogP contribution in [0.4, 0.5) is 10.6 Å². The number of fused-ring (bicyclic) bond motifs is 3. The number of nitrogens with two attached hydrogens (primary N) is 1. The smallest absolute Gasteiger partial charge is 0.312 e. The average Bonchev–Trinajstić information content (AvgIpc) is 3.13. The van der Waals surface area contributed by atoms with E-state index in [1.165, 1.54) is 35.1 Å². The number of nitrogens with zero attached hydrogens (tertiary/aromatic N) is 3. The van der Waals surface area contributed by atoms with E-state index in [0.29, 0.717) is 6.54 Å². The molecule has 6 nitrogen and oxygen atoms in total. The van der Waals surface area contributed by atoms with E-state index in [9.17, 15) is 4.79 Å². The minimum absolute atomic E-state index is 0.256. The van der Waals surface area contributed by atoms with Gasteiger partial charge in [0.1, 0.15) is 17.0 Å². The van der Waals surface area contributed by atoms with Gasteiger partial charge in [0, 0.05) is 24.0 Å². The van der Waals surface area contributed by atoms with Crippen LogP contribution in [0.15, 0.2) is 6.33 Å². The first-order chi connectivity index (χ1) is 11.2. The Labute approximate surface area is 139 Å². The molecule has 0 aromatic carbocycles. The van der Waals surface area contributed by atoms with Gasteiger partial charge in [0.05, 0.1) is 5.39 Å². The molecular formula is C16H21N5OS. The molecular weight excluding hydrogens is 310 g/mol. The summed E-state index contributed by atoms with van der Waals surface area (Å²) in [5, 5.41) is 4.01. The normalized spacial score (nSPS) is 20.7.